The highest BCUT2D eigenvalue weighted by Crippen LogP contribution is 2.44. The molecule has 2 rings (SSSR count). The molecule has 0 aliphatic heterocycles. The summed E-state index contributed by atoms with van der Waals surface area (Å²) in [6.07, 6.45) is 1.07. The molecule has 1 N–H and O–H groups in total. The first-order valence-corrected chi connectivity index (χ1v) is 5.98. The van der Waals surface area contributed by atoms with Crippen molar-refractivity contribution in [3.8, 4) is 6.07 Å². The topological polar surface area (TPSA) is 45.0 Å². The maximum Gasteiger partial charge on any atom is 0.143 e. The Morgan fingerprint density at radius 2 is 2.22 bits per heavy atom. The van der Waals surface area contributed by atoms with Crippen molar-refractivity contribution < 1.29 is 9.13 Å². The highest BCUT2D eigenvalue weighted by molar-refractivity contribution is 5.59. The highest BCUT2D eigenvalue weighted by Gasteiger charge is 2.48. The number of benzene rings is 1. The smallest absolute Gasteiger partial charge is 0.143 e. The summed E-state index contributed by atoms with van der Waals surface area (Å²) < 4.78 is 18.8. The fourth-order valence-electron chi connectivity index (χ4n) is 2.48. The Morgan fingerprint density at radius 1 is 1.50 bits per heavy atom. The van der Waals surface area contributed by atoms with E-state index in [-0.39, 0.29) is 23.1 Å². The van der Waals surface area contributed by atoms with Gasteiger partial charge in [0, 0.05) is 18.6 Å². The van der Waals surface area contributed by atoms with Gasteiger partial charge in [0.2, 0.25) is 0 Å². The van der Waals surface area contributed by atoms with Crippen molar-refractivity contribution in [3.63, 3.8) is 0 Å². The van der Waals surface area contributed by atoms with Crippen LogP contribution in [0.4, 0.5) is 10.1 Å². The molecule has 0 bridgehead atoms. The van der Waals surface area contributed by atoms with Gasteiger partial charge in [-0.15, -0.1) is 0 Å². The fourth-order valence-corrected chi connectivity index (χ4v) is 2.48. The molecule has 96 valence electrons. The van der Waals surface area contributed by atoms with Gasteiger partial charge in [0.25, 0.3) is 0 Å². The second-order valence-corrected chi connectivity index (χ2v) is 5.25. The van der Waals surface area contributed by atoms with Crippen molar-refractivity contribution in [2.75, 3.05) is 12.4 Å². The number of nitriles is 1. The van der Waals surface area contributed by atoms with E-state index < -0.39 is 5.82 Å². The molecular formula is C14H17FN2O. The number of anilines is 1. The lowest BCUT2D eigenvalue weighted by Gasteiger charge is -2.51. The number of halogens is 1. The van der Waals surface area contributed by atoms with Crippen LogP contribution >= 0.6 is 0 Å². The van der Waals surface area contributed by atoms with E-state index in [1.165, 1.54) is 6.07 Å². The van der Waals surface area contributed by atoms with Crippen LogP contribution in [0.15, 0.2) is 18.2 Å². The van der Waals surface area contributed by atoms with Gasteiger partial charge < -0.3 is 10.1 Å². The lowest BCUT2D eigenvalue weighted by atomic mass is 9.64. The summed E-state index contributed by atoms with van der Waals surface area (Å²) >= 11 is 0. The average molecular weight is 248 g/mol. The Bertz CT molecular complexity index is 493. The fraction of sp³-hybridized carbons (Fsp3) is 0.500. The van der Waals surface area contributed by atoms with E-state index >= 15 is 0 Å². The molecular weight excluding hydrogens is 231 g/mol. The van der Waals surface area contributed by atoms with E-state index in [2.05, 4.69) is 19.2 Å². The molecule has 0 saturated heterocycles. The Balaban J connectivity index is 2.18. The normalized spacial score (nSPS) is 25.1. The minimum absolute atomic E-state index is 0.0200. The van der Waals surface area contributed by atoms with Gasteiger partial charge in [0.1, 0.15) is 17.4 Å². The van der Waals surface area contributed by atoms with E-state index in [9.17, 15) is 4.39 Å². The molecule has 2 unspecified atom stereocenters. The Hall–Kier alpha value is -1.60. The monoisotopic (exact) mass is 248 g/mol. The predicted octanol–water partition coefficient (Wildman–Crippen LogP) is 2.92. The molecule has 1 aliphatic rings. The Labute approximate surface area is 107 Å². The first-order chi connectivity index (χ1) is 8.50. The summed E-state index contributed by atoms with van der Waals surface area (Å²) in [7, 11) is 1.70. The van der Waals surface area contributed by atoms with Gasteiger partial charge in [0.05, 0.1) is 11.8 Å². The van der Waals surface area contributed by atoms with E-state index in [1.54, 1.807) is 19.2 Å². The van der Waals surface area contributed by atoms with Crippen LogP contribution in [-0.2, 0) is 4.74 Å². The quantitative estimate of drug-likeness (QED) is 0.894. The van der Waals surface area contributed by atoms with Crippen molar-refractivity contribution in [2.45, 2.75) is 32.4 Å². The number of nitrogens with one attached hydrogen (secondary N) is 1. The zero-order chi connectivity index (χ0) is 13.3. The Kier molecular flexibility index (Phi) is 3.27. The molecule has 1 aliphatic carbocycles. The molecule has 0 amide bonds. The maximum absolute atomic E-state index is 13.5. The zero-order valence-corrected chi connectivity index (χ0v) is 10.8. The lowest BCUT2D eigenvalue weighted by Crippen LogP contribution is -2.57. The standard InChI is InChI=1S/C14H17FN2O/c1-14(2)12(7-13(14)18-3)17-11-6-4-5-10(15)9(11)8-16/h4-6,12-13,17H,7H2,1-3H3. The molecule has 18 heavy (non-hydrogen) atoms. The van der Waals surface area contributed by atoms with Crippen LogP contribution in [-0.4, -0.2) is 19.3 Å². The second kappa shape index (κ2) is 4.58. The van der Waals surface area contributed by atoms with Crippen molar-refractivity contribution in [2.24, 2.45) is 5.41 Å². The third-order valence-corrected chi connectivity index (χ3v) is 3.92. The molecule has 4 heteroatoms. The zero-order valence-electron chi connectivity index (χ0n) is 10.8. The van der Waals surface area contributed by atoms with Crippen LogP contribution in [0, 0.1) is 22.6 Å². The molecule has 3 nitrogen and oxygen atoms in total. The van der Waals surface area contributed by atoms with Gasteiger partial charge in [-0.1, -0.05) is 19.9 Å². The van der Waals surface area contributed by atoms with Crippen LogP contribution in [0.5, 0.6) is 0 Å². The second-order valence-electron chi connectivity index (χ2n) is 5.25. The largest absolute Gasteiger partial charge is 0.381 e. The molecule has 0 radical (unpaired) electrons. The molecule has 0 aromatic heterocycles. The predicted molar refractivity (Wildman–Crippen MR) is 67.7 cm³/mol. The van der Waals surface area contributed by atoms with Gasteiger partial charge in [-0.3, -0.25) is 0 Å². The van der Waals surface area contributed by atoms with E-state index in [4.69, 9.17) is 10.00 Å². The number of rotatable bonds is 3. The number of methoxy groups -OCH3 is 1. The number of hydrogen-bond donors (Lipinski definition) is 1. The van der Waals surface area contributed by atoms with Gasteiger partial charge in [-0.05, 0) is 18.6 Å². The van der Waals surface area contributed by atoms with Gasteiger partial charge in [-0.25, -0.2) is 4.39 Å². The van der Waals surface area contributed by atoms with Crippen LogP contribution in [0.2, 0.25) is 0 Å². The number of hydrogen-bond acceptors (Lipinski definition) is 3. The molecule has 1 aromatic carbocycles. The number of nitrogens with zero attached hydrogens (tertiary/aromatic N) is 1. The molecule has 1 aromatic rings. The summed E-state index contributed by atoms with van der Waals surface area (Å²) in [6, 6.07) is 6.73. The highest BCUT2D eigenvalue weighted by atomic mass is 19.1. The van der Waals surface area contributed by atoms with E-state index in [0.717, 1.165) is 6.42 Å². The maximum atomic E-state index is 13.5. The van der Waals surface area contributed by atoms with Crippen molar-refractivity contribution in [1.29, 1.82) is 5.26 Å². The molecule has 1 fully saturated rings. The number of ether oxygens (including phenoxy) is 1. The van der Waals surface area contributed by atoms with Gasteiger partial charge >= 0.3 is 0 Å². The summed E-state index contributed by atoms with van der Waals surface area (Å²) in [5, 5.41) is 12.2. The third-order valence-electron chi connectivity index (χ3n) is 3.92. The van der Waals surface area contributed by atoms with Crippen molar-refractivity contribution >= 4 is 5.69 Å². The van der Waals surface area contributed by atoms with Crippen LogP contribution in [0.3, 0.4) is 0 Å². The van der Waals surface area contributed by atoms with Gasteiger partial charge in [0.15, 0.2) is 0 Å². The van der Waals surface area contributed by atoms with E-state index in [0.29, 0.717) is 5.69 Å². The minimum atomic E-state index is -0.483. The van der Waals surface area contributed by atoms with Crippen LogP contribution in [0.1, 0.15) is 25.8 Å². The third kappa shape index (κ3) is 1.95. The minimum Gasteiger partial charge on any atom is -0.381 e. The molecule has 0 spiro atoms. The van der Waals surface area contributed by atoms with Crippen LogP contribution in [0.25, 0.3) is 0 Å². The Morgan fingerprint density at radius 3 is 2.78 bits per heavy atom. The molecule has 2 atom stereocenters. The average Bonchev–Trinajstić information content (AvgIpc) is 2.34. The summed E-state index contributed by atoms with van der Waals surface area (Å²) in [5.41, 5.74) is 0.618. The van der Waals surface area contributed by atoms with Crippen LogP contribution < -0.4 is 5.32 Å². The molecule has 1 saturated carbocycles. The molecule has 0 heterocycles. The van der Waals surface area contributed by atoms with E-state index in [1.807, 2.05) is 6.07 Å². The first-order valence-electron chi connectivity index (χ1n) is 5.98. The summed E-state index contributed by atoms with van der Waals surface area (Å²) in [4.78, 5) is 0. The van der Waals surface area contributed by atoms with Crippen molar-refractivity contribution in [1.82, 2.24) is 0 Å². The lowest BCUT2D eigenvalue weighted by molar-refractivity contribution is -0.0794. The SMILES string of the molecule is COC1CC(Nc2cccc(F)c2C#N)C1(C)C. The first kappa shape index (κ1) is 12.8. The van der Waals surface area contributed by atoms with Gasteiger partial charge in [-0.2, -0.15) is 5.26 Å². The summed E-state index contributed by atoms with van der Waals surface area (Å²) in [5.74, 6) is -0.483. The summed E-state index contributed by atoms with van der Waals surface area (Å²) in [6.45, 7) is 4.21. The van der Waals surface area contributed by atoms with Crippen molar-refractivity contribution in [3.05, 3.63) is 29.6 Å².